The summed E-state index contributed by atoms with van der Waals surface area (Å²) >= 11 is 0. The maximum Gasteiger partial charge on any atom is 0.0714 e. The number of nitrogens with zero attached hydrogens (tertiary/aromatic N) is 1. The van der Waals surface area contributed by atoms with Gasteiger partial charge in [0.2, 0.25) is 0 Å². The van der Waals surface area contributed by atoms with Crippen LogP contribution in [0.25, 0.3) is 43.8 Å². The predicted molar refractivity (Wildman–Crippen MR) is 219 cm³/mol. The molecule has 0 aromatic heterocycles. The van der Waals surface area contributed by atoms with Gasteiger partial charge in [0.1, 0.15) is 0 Å². The third-order valence-corrected chi connectivity index (χ3v) is 10.9. The van der Waals surface area contributed by atoms with Crippen molar-refractivity contribution in [3.8, 4) is 22.3 Å². The van der Waals surface area contributed by atoms with Crippen LogP contribution in [-0.4, -0.2) is 0 Å². The van der Waals surface area contributed by atoms with E-state index in [9.17, 15) is 0 Å². The van der Waals surface area contributed by atoms with Crippen molar-refractivity contribution in [3.05, 3.63) is 235 Å². The molecule has 1 heteroatoms. The minimum atomic E-state index is -0.484. The van der Waals surface area contributed by atoms with Gasteiger partial charge in [0.15, 0.2) is 0 Å². The zero-order chi connectivity index (χ0) is 34.5. The molecule has 10 rings (SSSR count). The Hall–Kier alpha value is -6.70. The quantitative estimate of drug-likeness (QED) is 0.160. The molecule has 0 spiro atoms. The first kappa shape index (κ1) is 30.2. The Bertz CT molecular complexity index is 2670. The molecular weight excluding hydrogens is 627 g/mol. The van der Waals surface area contributed by atoms with Gasteiger partial charge in [0.05, 0.1) is 16.8 Å². The highest BCUT2D eigenvalue weighted by atomic mass is 15.1. The highest BCUT2D eigenvalue weighted by Gasteiger charge is 2.47. The monoisotopic (exact) mass is 661 g/mol. The van der Waals surface area contributed by atoms with Gasteiger partial charge in [-0.25, -0.2) is 0 Å². The first-order valence-corrected chi connectivity index (χ1v) is 18.0. The van der Waals surface area contributed by atoms with Gasteiger partial charge in [-0.1, -0.05) is 188 Å². The largest absolute Gasteiger partial charge is 0.309 e. The summed E-state index contributed by atoms with van der Waals surface area (Å²) in [5, 5.41) is 4.97. The standard InChI is InChI=1S/C51H35N/c1-4-16-36(17-5-1)37-30-33-41(34-31-37)52(48-28-14-25-43-42-23-11-10-18-38(42)32-35-44(43)48)49-29-15-27-47-50(49)45-24-12-13-26-46(45)51(47,39-19-6-2-7-20-39)40-21-8-3-9-22-40/h1-35H. The lowest BCUT2D eigenvalue weighted by molar-refractivity contribution is 0.768. The van der Waals surface area contributed by atoms with Gasteiger partial charge in [-0.15, -0.1) is 0 Å². The van der Waals surface area contributed by atoms with E-state index in [1.807, 2.05) is 0 Å². The molecule has 0 aliphatic heterocycles. The molecule has 52 heavy (non-hydrogen) atoms. The van der Waals surface area contributed by atoms with E-state index in [-0.39, 0.29) is 0 Å². The Kier molecular flexibility index (Phi) is 7.11. The van der Waals surface area contributed by atoms with Crippen molar-refractivity contribution in [1.82, 2.24) is 0 Å². The van der Waals surface area contributed by atoms with E-state index in [2.05, 4.69) is 217 Å². The lowest BCUT2D eigenvalue weighted by Crippen LogP contribution is -2.28. The maximum absolute atomic E-state index is 2.49. The molecule has 0 amide bonds. The van der Waals surface area contributed by atoms with Crippen LogP contribution in [0.5, 0.6) is 0 Å². The van der Waals surface area contributed by atoms with Gasteiger partial charge in [-0.2, -0.15) is 0 Å². The summed E-state index contributed by atoms with van der Waals surface area (Å²) in [5.74, 6) is 0. The summed E-state index contributed by atoms with van der Waals surface area (Å²) in [7, 11) is 0. The molecule has 0 radical (unpaired) electrons. The molecule has 0 fully saturated rings. The van der Waals surface area contributed by atoms with Crippen LogP contribution in [0.4, 0.5) is 17.1 Å². The smallest absolute Gasteiger partial charge is 0.0714 e. The van der Waals surface area contributed by atoms with Gasteiger partial charge in [0.25, 0.3) is 0 Å². The van der Waals surface area contributed by atoms with E-state index in [0.29, 0.717) is 0 Å². The summed E-state index contributed by atoms with van der Waals surface area (Å²) in [6, 6.07) is 77.8. The summed E-state index contributed by atoms with van der Waals surface area (Å²) in [5.41, 5.74) is 13.0. The topological polar surface area (TPSA) is 3.24 Å². The Balaban J connectivity index is 1.29. The molecule has 1 nitrogen and oxygen atoms in total. The van der Waals surface area contributed by atoms with Gasteiger partial charge in [-0.3, -0.25) is 0 Å². The Morgan fingerprint density at radius 1 is 0.327 bits per heavy atom. The molecule has 0 saturated carbocycles. The van der Waals surface area contributed by atoms with Gasteiger partial charge in [0, 0.05) is 16.6 Å². The number of benzene rings is 9. The van der Waals surface area contributed by atoms with Crippen LogP contribution in [0.1, 0.15) is 22.3 Å². The molecule has 0 unspecified atom stereocenters. The SMILES string of the molecule is c1ccc(-c2ccc(N(c3cccc4c3-c3ccccc3C4(c3ccccc3)c3ccccc3)c3cccc4c3ccc3ccccc34)cc2)cc1. The molecule has 244 valence electrons. The first-order valence-electron chi connectivity index (χ1n) is 18.0. The van der Waals surface area contributed by atoms with Crippen molar-refractivity contribution in [1.29, 1.82) is 0 Å². The Morgan fingerprint density at radius 2 is 0.885 bits per heavy atom. The van der Waals surface area contributed by atoms with Gasteiger partial charge < -0.3 is 4.90 Å². The second-order valence-electron chi connectivity index (χ2n) is 13.6. The maximum atomic E-state index is 2.49. The van der Waals surface area contributed by atoms with Crippen molar-refractivity contribution in [2.75, 3.05) is 4.90 Å². The van der Waals surface area contributed by atoms with Crippen LogP contribution in [-0.2, 0) is 5.41 Å². The van der Waals surface area contributed by atoms with Gasteiger partial charge in [-0.05, 0) is 79.4 Å². The minimum Gasteiger partial charge on any atom is -0.309 e. The number of rotatable bonds is 6. The molecule has 1 aliphatic carbocycles. The summed E-state index contributed by atoms with van der Waals surface area (Å²) < 4.78 is 0. The Morgan fingerprint density at radius 3 is 1.63 bits per heavy atom. The number of anilines is 3. The number of hydrogen-bond donors (Lipinski definition) is 0. The third kappa shape index (κ3) is 4.56. The van der Waals surface area contributed by atoms with Crippen LogP contribution in [0.15, 0.2) is 212 Å². The van der Waals surface area contributed by atoms with Crippen molar-refractivity contribution >= 4 is 38.6 Å². The molecule has 0 heterocycles. The zero-order valence-electron chi connectivity index (χ0n) is 28.7. The van der Waals surface area contributed by atoms with E-state index in [1.165, 1.54) is 66.1 Å². The zero-order valence-corrected chi connectivity index (χ0v) is 28.7. The van der Waals surface area contributed by atoms with Crippen LogP contribution in [0, 0.1) is 0 Å². The predicted octanol–water partition coefficient (Wildman–Crippen LogP) is 13.5. The van der Waals surface area contributed by atoms with E-state index >= 15 is 0 Å². The lowest BCUT2D eigenvalue weighted by Gasteiger charge is -2.34. The van der Waals surface area contributed by atoms with E-state index in [1.54, 1.807) is 0 Å². The average Bonchev–Trinajstić information content (AvgIpc) is 3.54. The lowest BCUT2D eigenvalue weighted by atomic mass is 9.68. The molecule has 1 aliphatic rings. The van der Waals surface area contributed by atoms with Crippen LogP contribution < -0.4 is 4.90 Å². The first-order chi connectivity index (χ1) is 25.8. The fourth-order valence-corrected chi connectivity index (χ4v) is 8.72. The molecule has 0 N–H and O–H groups in total. The highest BCUT2D eigenvalue weighted by Crippen LogP contribution is 2.59. The number of fused-ring (bicyclic) bond motifs is 6. The normalized spacial score (nSPS) is 12.8. The second kappa shape index (κ2) is 12.3. The fraction of sp³-hybridized carbons (Fsp3) is 0.0196. The van der Waals surface area contributed by atoms with Crippen molar-refractivity contribution in [3.63, 3.8) is 0 Å². The molecule has 0 atom stereocenters. The fourth-order valence-electron chi connectivity index (χ4n) is 8.72. The molecule has 0 bridgehead atoms. The molecule has 0 saturated heterocycles. The summed E-state index contributed by atoms with van der Waals surface area (Å²) in [6.45, 7) is 0. The van der Waals surface area contributed by atoms with Crippen molar-refractivity contribution in [2.45, 2.75) is 5.41 Å². The van der Waals surface area contributed by atoms with E-state index in [4.69, 9.17) is 0 Å². The van der Waals surface area contributed by atoms with Gasteiger partial charge >= 0.3 is 0 Å². The van der Waals surface area contributed by atoms with E-state index in [0.717, 1.165) is 17.1 Å². The molecule has 9 aromatic carbocycles. The minimum absolute atomic E-state index is 0.484. The highest BCUT2D eigenvalue weighted by molar-refractivity contribution is 6.13. The summed E-state index contributed by atoms with van der Waals surface area (Å²) in [4.78, 5) is 2.49. The van der Waals surface area contributed by atoms with Crippen LogP contribution in [0.2, 0.25) is 0 Å². The van der Waals surface area contributed by atoms with E-state index < -0.39 is 5.41 Å². The molecule has 9 aromatic rings. The molecular formula is C51H35N. The van der Waals surface area contributed by atoms with Crippen molar-refractivity contribution < 1.29 is 0 Å². The summed E-state index contributed by atoms with van der Waals surface area (Å²) in [6.07, 6.45) is 0. The second-order valence-corrected chi connectivity index (χ2v) is 13.6. The third-order valence-electron chi connectivity index (χ3n) is 10.9. The van der Waals surface area contributed by atoms with Crippen molar-refractivity contribution in [2.24, 2.45) is 0 Å². The average molecular weight is 662 g/mol. The Labute approximate surface area is 304 Å². The number of hydrogen-bond acceptors (Lipinski definition) is 1. The van der Waals surface area contributed by atoms with Crippen LogP contribution >= 0.6 is 0 Å². The van der Waals surface area contributed by atoms with Crippen LogP contribution in [0.3, 0.4) is 0 Å².